The third-order valence-corrected chi connectivity index (χ3v) is 7.67. The summed E-state index contributed by atoms with van der Waals surface area (Å²) in [5, 5.41) is 5.58. The molecule has 1 aliphatic heterocycles. The van der Waals surface area contributed by atoms with E-state index in [0.29, 0.717) is 18.8 Å². The zero-order valence-electron chi connectivity index (χ0n) is 23.5. The monoisotopic (exact) mass is 548 g/mol. The Kier molecular flexibility index (Phi) is 7.05. The number of hydrogen-bond acceptors (Lipinski definition) is 6. The van der Waals surface area contributed by atoms with E-state index in [-0.39, 0.29) is 18.2 Å². The van der Waals surface area contributed by atoms with Gasteiger partial charge in [-0.3, -0.25) is 4.79 Å². The highest BCUT2D eigenvalue weighted by molar-refractivity contribution is 5.99. The molecular weight excluding hydrogens is 516 g/mol. The third kappa shape index (κ3) is 4.97. The van der Waals surface area contributed by atoms with E-state index in [1.54, 1.807) is 17.7 Å². The number of para-hydroxylation sites is 2. The van der Waals surface area contributed by atoms with Crippen LogP contribution in [0.4, 0.5) is 5.69 Å². The molecule has 8 heteroatoms. The fraction of sp³-hybridized carbons (Fsp3) is 0.242. The van der Waals surface area contributed by atoms with Crippen LogP contribution < -0.4 is 4.90 Å². The van der Waals surface area contributed by atoms with Crippen molar-refractivity contribution in [2.75, 3.05) is 37.7 Å². The average molecular weight is 549 g/mol. The van der Waals surface area contributed by atoms with Crippen LogP contribution in [-0.2, 0) is 4.74 Å². The van der Waals surface area contributed by atoms with Crippen molar-refractivity contribution in [3.8, 4) is 16.9 Å². The van der Waals surface area contributed by atoms with Crippen LogP contribution in [0.5, 0.6) is 0 Å². The third-order valence-electron chi connectivity index (χ3n) is 7.67. The van der Waals surface area contributed by atoms with E-state index in [1.165, 1.54) is 0 Å². The number of amides is 1. The maximum absolute atomic E-state index is 13.3. The zero-order chi connectivity index (χ0) is 28.5. The molecule has 1 saturated heterocycles. The molecule has 5 aromatic rings. The van der Waals surface area contributed by atoms with Gasteiger partial charge in [-0.05, 0) is 56.7 Å². The zero-order valence-corrected chi connectivity index (χ0v) is 23.5. The number of carbonyl (C=O) groups excluding carboxylic acids is 2. The maximum atomic E-state index is 13.3. The van der Waals surface area contributed by atoms with Crippen LogP contribution in [0.3, 0.4) is 0 Å². The van der Waals surface area contributed by atoms with Crippen molar-refractivity contribution >= 4 is 28.5 Å². The molecule has 8 nitrogen and oxygen atoms in total. The number of nitrogens with zero attached hydrogens (tertiary/aromatic N) is 4. The van der Waals surface area contributed by atoms with Crippen LogP contribution in [0.25, 0.3) is 27.9 Å². The summed E-state index contributed by atoms with van der Waals surface area (Å²) in [5.74, 6) is -0.0741. The average Bonchev–Trinajstić information content (AvgIpc) is 3.59. The van der Waals surface area contributed by atoms with E-state index >= 15 is 0 Å². The summed E-state index contributed by atoms with van der Waals surface area (Å²) in [6, 6.07) is 25.7. The molecule has 0 N–H and O–H groups in total. The largest absolute Gasteiger partial charge is 0.461 e. The predicted molar refractivity (Wildman–Crippen MR) is 159 cm³/mol. The summed E-state index contributed by atoms with van der Waals surface area (Å²) in [6.45, 7) is 8.70. The van der Waals surface area contributed by atoms with E-state index in [2.05, 4.69) is 22.1 Å². The number of benzene rings is 3. The number of aryl methyl sites for hydroxylation is 2. The first-order valence-electron chi connectivity index (χ1n) is 13.9. The molecule has 1 aliphatic rings. The number of fused-ring (bicyclic) bond motifs is 1. The number of carbonyl (C=O) groups is 2. The lowest BCUT2D eigenvalue weighted by atomic mass is 10.1. The van der Waals surface area contributed by atoms with Gasteiger partial charge >= 0.3 is 5.97 Å². The molecule has 0 aliphatic carbocycles. The lowest BCUT2D eigenvalue weighted by Gasteiger charge is -2.35. The highest BCUT2D eigenvalue weighted by atomic mass is 16.5. The molecule has 1 amide bonds. The number of hydrogen-bond donors (Lipinski definition) is 0. The number of piperazine rings is 1. The van der Waals surface area contributed by atoms with Crippen LogP contribution in [0, 0.1) is 13.8 Å². The molecule has 1 fully saturated rings. The Labute approximate surface area is 238 Å². The summed E-state index contributed by atoms with van der Waals surface area (Å²) in [6.07, 6.45) is 0. The second-order valence-corrected chi connectivity index (χ2v) is 10.2. The number of ether oxygens (including phenoxy) is 1. The van der Waals surface area contributed by atoms with Gasteiger partial charge in [0.2, 0.25) is 0 Å². The van der Waals surface area contributed by atoms with Crippen LogP contribution in [0.1, 0.15) is 39.1 Å². The quantitative estimate of drug-likeness (QED) is 0.241. The molecule has 6 rings (SSSR count). The minimum atomic E-state index is -0.442. The molecule has 3 aromatic carbocycles. The molecule has 0 spiro atoms. The van der Waals surface area contributed by atoms with E-state index in [1.807, 2.05) is 79.4 Å². The van der Waals surface area contributed by atoms with Crippen molar-refractivity contribution in [2.45, 2.75) is 20.8 Å². The SMILES string of the molecule is CCOC(=O)c1cc(-c2ccc(N3CCN(C(=O)c4oc5ccccc5c4C)CC3)cc2)n(-c2ccccc2C)n1. The van der Waals surface area contributed by atoms with E-state index in [0.717, 1.165) is 57.8 Å². The Bertz CT molecular complexity index is 1730. The first kappa shape index (κ1) is 26.4. The second kappa shape index (κ2) is 11.0. The van der Waals surface area contributed by atoms with E-state index < -0.39 is 5.97 Å². The van der Waals surface area contributed by atoms with Crippen molar-refractivity contribution < 1.29 is 18.7 Å². The molecule has 0 bridgehead atoms. The van der Waals surface area contributed by atoms with Crippen LogP contribution >= 0.6 is 0 Å². The minimum absolute atomic E-state index is 0.0597. The van der Waals surface area contributed by atoms with Gasteiger partial charge in [-0.1, -0.05) is 48.5 Å². The smallest absolute Gasteiger partial charge is 0.358 e. The lowest BCUT2D eigenvalue weighted by Crippen LogP contribution is -2.48. The van der Waals surface area contributed by atoms with E-state index in [4.69, 9.17) is 9.15 Å². The Hall–Kier alpha value is -4.85. The molecule has 208 valence electrons. The lowest BCUT2D eigenvalue weighted by molar-refractivity contribution is 0.0518. The highest BCUT2D eigenvalue weighted by Crippen LogP contribution is 2.30. The molecule has 0 saturated carbocycles. The van der Waals surface area contributed by atoms with Crippen molar-refractivity contribution in [1.82, 2.24) is 14.7 Å². The summed E-state index contributed by atoms with van der Waals surface area (Å²) in [4.78, 5) is 29.9. The van der Waals surface area contributed by atoms with Crippen molar-refractivity contribution in [3.05, 3.63) is 101 Å². The van der Waals surface area contributed by atoms with Crippen LogP contribution in [0.15, 0.2) is 83.3 Å². The van der Waals surface area contributed by atoms with Gasteiger partial charge in [0.25, 0.3) is 5.91 Å². The minimum Gasteiger partial charge on any atom is -0.461 e. The van der Waals surface area contributed by atoms with Crippen molar-refractivity contribution in [3.63, 3.8) is 0 Å². The summed E-state index contributed by atoms with van der Waals surface area (Å²) in [7, 11) is 0. The predicted octanol–water partition coefficient (Wildman–Crippen LogP) is 6.04. The Morgan fingerprint density at radius 3 is 2.32 bits per heavy atom. The maximum Gasteiger partial charge on any atom is 0.358 e. The summed E-state index contributed by atoms with van der Waals surface area (Å²) < 4.78 is 12.9. The molecule has 41 heavy (non-hydrogen) atoms. The van der Waals surface area contributed by atoms with Gasteiger partial charge in [-0.2, -0.15) is 5.10 Å². The molecule has 0 atom stereocenters. The van der Waals surface area contributed by atoms with Gasteiger partial charge in [0.15, 0.2) is 11.5 Å². The van der Waals surface area contributed by atoms with E-state index in [9.17, 15) is 9.59 Å². The molecule has 2 aromatic heterocycles. The van der Waals surface area contributed by atoms with Gasteiger partial charge in [0.1, 0.15) is 5.58 Å². The second-order valence-electron chi connectivity index (χ2n) is 10.2. The Morgan fingerprint density at radius 1 is 0.902 bits per heavy atom. The first-order chi connectivity index (χ1) is 19.9. The summed E-state index contributed by atoms with van der Waals surface area (Å²) >= 11 is 0. The van der Waals surface area contributed by atoms with Crippen LogP contribution in [-0.4, -0.2) is 59.3 Å². The van der Waals surface area contributed by atoms with Gasteiger partial charge in [-0.15, -0.1) is 0 Å². The number of aromatic nitrogens is 2. The number of rotatable bonds is 6. The topological polar surface area (TPSA) is 80.8 Å². The van der Waals surface area contributed by atoms with Crippen molar-refractivity contribution in [1.29, 1.82) is 0 Å². The number of furan rings is 1. The fourth-order valence-electron chi connectivity index (χ4n) is 5.41. The van der Waals surface area contributed by atoms with Crippen LogP contribution in [0.2, 0.25) is 0 Å². The fourth-order valence-corrected chi connectivity index (χ4v) is 5.41. The molecule has 3 heterocycles. The van der Waals surface area contributed by atoms with Gasteiger partial charge in [0, 0.05) is 48.4 Å². The highest BCUT2D eigenvalue weighted by Gasteiger charge is 2.27. The summed E-state index contributed by atoms with van der Waals surface area (Å²) in [5.41, 5.74) is 6.68. The van der Waals surface area contributed by atoms with Gasteiger partial charge < -0.3 is 19.0 Å². The van der Waals surface area contributed by atoms with Gasteiger partial charge in [-0.25, -0.2) is 9.48 Å². The molecule has 0 radical (unpaired) electrons. The number of esters is 1. The number of anilines is 1. The normalized spacial score (nSPS) is 13.5. The first-order valence-corrected chi connectivity index (χ1v) is 13.9. The standard InChI is InChI=1S/C33H32N4O4/c1-4-40-33(39)27-21-29(37(34-27)28-11-7-5-9-22(28)2)24-13-15-25(16-14-24)35-17-19-36(20-18-35)32(38)31-23(3)26-10-6-8-12-30(26)41-31/h5-16,21H,4,17-20H2,1-3H3. The molecule has 0 unspecified atom stereocenters. The Balaban J connectivity index is 1.20. The van der Waals surface area contributed by atoms with Crippen molar-refractivity contribution in [2.24, 2.45) is 0 Å². The Morgan fingerprint density at radius 2 is 1.61 bits per heavy atom. The van der Waals surface area contributed by atoms with Gasteiger partial charge in [0.05, 0.1) is 18.0 Å². The molecular formula is C33H32N4O4.